The van der Waals surface area contributed by atoms with Crippen molar-refractivity contribution >= 4 is 0 Å². The number of hydrogen-bond acceptors (Lipinski definition) is 1. The monoisotopic (exact) mass is 227 g/mol. The zero-order valence-corrected chi connectivity index (χ0v) is 10.7. The fraction of sp³-hybridized carbons (Fsp3) is 0.438. The third-order valence-electron chi connectivity index (χ3n) is 2.83. The van der Waals surface area contributed by atoms with Crippen molar-refractivity contribution in [2.75, 3.05) is 0 Å². The van der Waals surface area contributed by atoms with Crippen LogP contribution in [0.4, 0.5) is 0 Å². The first-order valence-corrected chi connectivity index (χ1v) is 6.50. The molecule has 0 aliphatic carbocycles. The van der Waals surface area contributed by atoms with Crippen LogP contribution >= 0.6 is 0 Å². The number of nitrogens with zero attached hydrogens (tertiary/aromatic N) is 1. The molecule has 0 radical (unpaired) electrons. The molecule has 0 fully saturated rings. The Kier molecular flexibility index (Phi) is 6.82. The molecule has 1 aromatic carbocycles. The van der Waals surface area contributed by atoms with E-state index in [1.165, 1.54) is 31.2 Å². The van der Waals surface area contributed by atoms with E-state index in [9.17, 15) is 0 Å². The SMILES string of the molecule is CCCCCC/C=C(\C#N)Cc1ccccc1. The van der Waals surface area contributed by atoms with Crippen LogP contribution in [0.3, 0.4) is 0 Å². The Morgan fingerprint density at radius 1 is 1.18 bits per heavy atom. The molecule has 0 aliphatic rings. The second-order valence-corrected chi connectivity index (χ2v) is 4.35. The number of benzene rings is 1. The van der Waals surface area contributed by atoms with E-state index < -0.39 is 0 Å². The Morgan fingerprint density at radius 2 is 1.94 bits per heavy atom. The highest BCUT2D eigenvalue weighted by atomic mass is 14.2. The first kappa shape index (κ1) is 13.5. The van der Waals surface area contributed by atoms with Gasteiger partial charge in [0.2, 0.25) is 0 Å². The summed E-state index contributed by atoms with van der Waals surface area (Å²) in [5, 5.41) is 9.07. The summed E-state index contributed by atoms with van der Waals surface area (Å²) in [6, 6.07) is 12.5. The molecular formula is C16H21N. The van der Waals surface area contributed by atoms with Gasteiger partial charge in [-0.1, -0.05) is 62.6 Å². The maximum Gasteiger partial charge on any atom is 0.0947 e. The van der Waals surface area contributed by atoms with Gasteiger partial charge in [-0.25, -0.2) is 0 Å². The minimum absolute atomic E-state index is 0.769. The Labute approximate surface area is 105 Å². The highest BCUT2D eigenvalue weighted by Crippen LogP contribution is 2.10. The van der Waals surface area contributed by atoms with E-state index in [2.05, 4.69) is 31.2 Å². The van der Waals surface area contributed by atoms with Crippen molar-refractivity contribution in [3.05, 3.63) is 47.5 Å². The molecule has 0 aliphatic heterocycles. The van der Waals surface area contributed by atoms with Crippen LogP contribution in [0.2, 0.25) is 0 Å². The zero-order valence-electron chi connectivity index (χ0n) is 10.7. The minimum atomic E-state index is 0.769. The molecule has 0 saturated heterocycles. The molecule has 0 saturated carbocycles. The molecule has 0 amide bonds. The van der Waals surface area contributed by atoms with Crippen molar-refractivity contribution in [2.24, 2.45) is 0 Å². The third-order valence-corrected chi connectivity index (χ3v) is 2.83. The summed E-state index contributed by atoms with van der Waals surface area (Å²) in [4.78, 5) is 0. The lowest BCUT2D eigenvalue weighted by molar-refractivity contribution is 0.673. The molecule has 1 nitrogen and oxygen atoms in total. The lowest BCUT2D eigenvalue weighted by atomic mass is 10.0. The first-order chi connectivity index (χ1) is 8.36. The molecule has 0 heterocycles. The average Bonchev–Trinajstić information content (AvgIpc) is 2.38. The van der Waals surface area contributed by atoms with Crippen LogP contribution in [0.1, 0.15) is 44.6 Å². The van der Waals surface area contributed by atoms with E-state index in [1.54, 1.807) is 0 Å². The number of hydrogen-bond donors (Lipinski definition) is 0. The van der Waals surface area contributed by atoms with E-state index >= 15 is 0 Å². The molecule has 1 aromatic rings. The number of allylic oxidation sites excluding steroid dienone is 2. The van der Waals surface area contributed by atoms with Gasteiger partial charge in [0.1, 0.15) is 0 Å². The Bertz CT molecular complexity index is 370. The van der Waals surface area contributed by atoms with Crippen LogP contribution in [-0.2, 0) is 6.42 Å². The van der Waals surface area contributed by atoms with E-state index in [0.717, 1.165) is 18.4 Å². The smallest absolute Gasteiger partial charge is 0.0947 e. The van der Waals surface area contributed by atoms with Crippen LogP contribution in [0.15, 0.2) is 42.0 Å². The highest BCUT2D eigenvalue weighted by Gasteiger charge is 1.97. The van der Waals surface area contributed by atoms with Crippen molar-refractivity contribution < 1.29 is 0 Å². The van der Waals surface area contributed by atoms with Gasteiger partial charge in [0.25, 0.3) is 0 Å². The molecule has 1 heteroatoms. The number of rotatable bonds is 7. The largest absolute Gasteiger partial charge is 0.193 e. The zero-order chi connectivity index (χ0) is 12.3. The second kappa shape index (κ2) is 8.58. The molecule has 0 unspecified atom stereocenters. The number of unbranched alkanes of at least 4 members (excludes halogenated alkanes) is 4. The maximum atomic E-state index is 9.07. The Hall–Kier alpha value is -1.55. The molecule has 0 aromatic heterocycles. The second-order valence-electron chi connectivity index (χ2n) is 4.35. The molecule has 0 spiro atoms. The van der Waals surface area contributed by atoms with Crippen molar-refractivity contribution in [2.45, 2.75) is 45.4 Å². The normalized spacial score (nSPS) is 11.2. The predicted molar refractivity (Wildman–Crippen MR) is 72.6 cm³/mol. The molecule has 17 heavy (non-hydrogen) atoms. The van der Waals surface area contributed by atoms with Crippen molar-refractivity contribution in [1.82, 2.24) is 0 Å². The van der Waals surface area contributed by atoms with Crippen molar-refractivity contribution in [1.29, 1.82) is 5.26 Å². The fourth-order valence-corrected chi connectivity index (χ4v) is 1.82. The van der Waals surface area contributed by atoms with Gasteiger partial charge in [0.15, 0.2) is 0 Å². The highest BCUT2D eigenvalue weighted by molar-refractivity contribution is 5.29. The third kappa shape index (κ3) is 5.92. The van der Waals surface area contributed by atoms with Crippen LogP contribution in [0.5, 0.6) is 0 Å². The molecule has 0 bridgehead atoms. The van der Waals surface area contributed by atoms with Crippen LogP contribution < -0.4 is 0 Å². The quantitative estimate of drug-likeness (QED) is 0.491. The van der Waals surface area contributed by atoms with Crippen LogP contribution in [0.25, 0.3) is 0 Å². The molecule has 0 N–H and O–H groups in total. The van der Waals surface area contributed by atoms with Gasteiger partial charge in [-0.2, -0.15) is 5.26 Å². The standard InChI is InChI=1S/C16H21N/c1-2-3-4-5-7-12-16(14-17)13-15-10-8-6-9-11-15/h6,8-12H,2-5,7,13H2,1H3/b16-12-. The maximum absolute atomic E-state index is 9.07. The summed E-state index contributed by atoms with van der Waals surface area (Å²) in [6.45, 7) is 2.21. The van der Waals surface area contributed by atoms with Crippen LogP contribution in [-0.4, -0.2) is 0 Å². The van der Waals surface area contributed by atoms with E-state index in [-0.39, 0.29) is 0 Å². The summed E-state index contributed by atoms with van der Waals surface area (Å²) in [6.07, 6.45) is 8.95. The lowest BCUT2D eigenvalue weighted by Gasteiger charge is -2.00. The van der Waals surface area contributed by atoms with Gasteiger partial charge in [0, 0.05) is 12.0 Å². The van der Waals surface area contributed by atoms with Crippen LogP contribution in [0, 0.1) is 11.3 Å². The van der Waals surface area contributed by atoms with Gasteiger partial charge < -0.3 is 0 Å². The summed E-state index contributed by atoms with van der Waals surface area (Å²) in [5.41, 5.74) is 2.11. The first-order valence-electron chi connectivity index (χ1n) is 6.50. The van der Waals surface area contributed by atoms with E-state index in [4.69, 9.17) is 5.26 Å². The van der Waals surface area contributed by atoms with Crippen molar-refractivity contribution in [3.63, 3.8) is 0 Å². The molecular weight excluding hydrogens is 206 g/mol. The van der Waals surface area contributed by atoms with Crippen molar-refractivity contribution in [3.8, 4) is 6.07 Å². The Morgan fingerprint density at radius 3 is 2.59 bits per heavy atom. The topological polar surface area (TPSA) is 23.8 Å². The van der Waals surface area contributed by atoms with Gasteiger partial charge in [-0.15, -0.1) is 0 Å². The van der Waals surface area contributed by atoms with Gasteiger partial charge in [0.05, 0.1) is 6.07 Å². The van der Waals surface area contributed by atoms with Gasteiger partial charge in [-0.3, -0.25) is 0 Å². The van der Waals surface area contributed by atoms with Gasteiger partial charge >= 0.3 is 0 Å². The van der Waals surface area contributed by atoms with Gasteiger partial charge in [-0.05, 0) is 18.4 Å². The summed E-state index contributed by atoms with van der Waals surface area (Å²) in [7, 11) is 0. The fourth-order valence-electron chi connectivity index (χ4n) is 1.82. The lowest BCUT2D eigenvalue weighted by Crippen LogP contribution is -1.88. The number of nitriles is 1. The summed E-state index contributed by atoms with van der Waals surface area (Å²) >= 11 is 0. The van der Waals surface area contributed by atoms with E-state index in [1.807, 2.05) is 18.2 Å². The predicted octanol–water partition coefficient (Wildman–Crippen LogP) is 4.65. The minimum Gasteiger partial charge on any atom is -0.193 e. The Balaban J connectivity index is 2.38. The summed E-state index contributed by atoms with van der Waals surface area (Å²) in [5.74, 6) is 0. The molecule has 90 valence electrons. The molecule has 0 atom stereocenters. The average molecular weight is 227 g/mol. The van der Waals surface area contributed by atoms with E-state index in [0.29, 0.717) is 0 Å². The summed E-state index contributed by atoms with van der Waals surface area (Å²) < 4.78 is 0. The molecule has 1 rings (SSSR count).